The molecule has 0 aliphatic heterocycles. The van der Waals surface area contributed by atoms with Crippen LogP contribution in [-0.4, -0.2) is 50.5 Å². The predicted octanol–water partition coefficient (Wildman–Crippen LogP) is 5.17. The molecule has 3 aromatic carbocycles. The Hall–Kier alpha value is -3.07. The number of carbonyl (C=O) groups excluding carboxylic acids is 2. The Labute approximate surface area is 240 Å². The second kappa shape index (κ2) is 13.8. The Bertz CT molecular complexity index is 1370. The molecule has 0 unspecified atom stereocenters. The van der Waals surface area contributed by atoms with E-state index in [9.17, 15) is 18.0 Å². The molecule has 3 aromatic rings. The molecule has 7 nitrogen and oxygen atoms in total. The third-order valence-corrected chi connectivity index (χ3v) is 7.97. The predicted molar refractivity (Wildman–Crippen MR) is 157 cm³/mol. The Balaban J connectivity index is 2.05. The maximum Gasteiger partial charge on any atom is 0.244 e. The summed E-state index contributed by atoms with van der Waals surface area (Å²) in [7, 11) is -3.94. The summed E-state index contributed by atoms with van der Waals surface area (Å²) in [6.45, 7) is 3.95. The summed E-state index contributed by atoms with van der Waals surface area (Å²) in [5.74, 6) is -0.667. The highest BCUT2D eigenvalue weighted by Crippen LogP contribution is 2.33. The Kier molecular flexibility index (Phi) is 10.8. The van der Waals surface area contributed by atoms with Gasteiger partial charge in [0, 0.05) is 19.5 Å². The van der Waals surface area contributed by atoms with Crippen molar-refractivity contribution < 1.29 is 18.0 Å². The molecule has 0 aliphatic carbocycles. The van der Waals surface area contributed by atoms with Crippen molar-refractivity contribution in [1.29, 1.82) is 0 Å². The minimum atomic E-state index is -3.94. The molecule has 0 saturated carbocycles. The molecule has 39 heavy (non-hydrogen) atoms. The van der Waals surface area contributed by atoms with E-state index < -0.39 is 28.5 Å². The lowest BCUT2D eigenvalue weighted by atomic mass is 10.0. The summed E-state index contributed by atoms with van der Waals surface area (Å²) in [5.41, 5.74) is 1.75. The van der Waals surface area contributed by atoms with E-state index in [2.05, 4.69) is 5.32 Å². The molecule has 0 aliphatic rings. The Morgan fingerprint density at radius 1 is 0.872 bits per heavy atom. The number of nitrogens with one attached hydrogen (secondary N) is 1. The topological polar surface area (TPSA) is 86.8 Å². The molecule has 0 saturated heterocycles. The fourth-order valence-corrected chi connectivity index (χ4v) is 5.34. The number of amides is 2. The average Bonchev–Trinajstić information content (AvgIpc) is 2.90. The molecule has 0 fully saturated rings. The van der Waals surface area contributed by atoms with Crippen molar-refractivity contribution in [3.05, 3.63) is 100 Å². The molecule has 0 heterocycles. The van der Waals surface area contributed by atoms with Crippen LogP contribution in [0.3, 0.4) is 0 Å². The van der Waals surface area contributed by atoms with Gasteiger partial charge in [-0.05, 0) is 29.2 Å². The first-order valence-corrected chi connectivity index (χ1v) is 15.1. The molecular formula is C29H33Cl2N3O4S. The highest BCUT2D eigenvalue weighted by atomic mass is 35.5. The number of nitrogens with zero attached hydrogens (tertiary/aromatic N) is 2. The van der Waals surface area contributed by atoms with Gasteiger partial charge < -0.3 is 10.2 Å². The number of anilines is 1. The number of hydrogen-bond donors (Lipinski definition) is 1. The molecular weight excluding hydrogens is 557 g/mol. The molecule has 3 rings (SSSR count). The van der Waals surface area contributed by atoms with Crippen LogP contribution in [0.2, 0.25) is 10.0 Å². The number of sulfonamides is 1. The van der Waals surface area contributed by atoms with E-state index in [4.69, 9.17) is 23.2 Å². The summed E-state index contributed by atoms with van der Waals surface area (Å²) < 4.78 is 26.6. The average molecular weight is 591 g/mol. The summed E-state index contributed by atoms with van der Waals surface area (Å²) in [4.78, 5) is 29.0. The molecule has 10 heteroatoms. The van der Waals surface area contributed by atoms with Gasteiger partial charge >= 0.3 is 0 Å². The monoisotopic (exact) mass is 589 g/mol. The molecule has 1 atom stereocenters. The number of halogens is 2. The number of rotatable bonds is 12. The Morgan fingerprint density at radius 2 is 1.46 bits per heavy atom. The van der Waals surface area contributed by atoms with E-state index >= 15 is 0 Å². The Morgan fingerprint density at radius 3 is 2.03 bits per heavy atom. The van der Waals surface area contributed by atoms with E-state index in [0.29, 0.717) is 6.54 Å². The second-order valence-electron chi connectivity index (χ2n) is 9.69. The first-order chi connectivity index (χ1) is 18.5. The van der Waals surface area contributed by atoms with Gasteiger partial charge in [-0.2, -0.15) is 0 Å². The first-order valence-electron chi connectivity index (χ1n) is 12.5. The van der Waals surface area contributed by atoms with Crippen LogP contribution in [0.25, 0.3) is 0 Å². The van der Waals surface area contributed by atoms with E-state index in [1.54, 1.807) is 6.07 Å². The van der Waals surface area contributed by atoms with Gasteiger partial charge in [0.25, 0.3) is 0 Å². The smallest absolute Gasteiger partial charge is 0.244 e. The normalized spacial score (nSPS) is 12.2. The van der Waals surface area contributed by atoms with Crippen LogP contribution < -0.4 is 9.62 Å². The lowest BCUT2D eigenvalue weighted by Gasteiger charge is -2.34. The molecule has 208 valence electrons. The van der Waals surface area contributed by atoms with Gasteiger partial charge in [0.15, 0.2) is 0 Å². The van der Waals surface area contributed by atoms with Gasteiger partial charge in [-0.25, -0.2) is 8.42 Å². The molecule has 0 aromatic heterocycles. The quantitative estimate of drug-likeness (QED) is 0.315. The van der Waals surface area contributed by atoms with Gasteiger partial charge in [-0.1, -0.05) is 104 Å². The van der Waals surface area contributed by atoms with Crippen molar-refractivity contribution in [2.24, 2.45) is 5.92 Å². The zero-order chi connectivity index (χ0) is 28.6. The molecule has 0 bridgehead atoms. The van der Waals surface area contributed by atoms with Crippen molar-refractivity contribution in [3.8, 4) is 0 Å². The van der Waals surface area contributed by atoms with E-state index in [1.807, 2.05) is 74.5 Å². The zero-order valence-corrected chi connectivity index (χ0v) is 24.5. The molecule has 0 radical (unpaired) electrons. The van der Waals surface area contributed by atoms with Crippen molar-refractivity contribution in [1.82, 2.24) is 10.2 Å². The van der Waals surface area contributed by atoms with E-state index in [0.717, 1.165) is 21.7 Å². The van der Waals surface area contributed by atoms with E-state index in [-0.39, 0.29) is 40.5 Å². The van der Waals surface area contributed by atoms with Crippen LogP contribution in [0.1, 0.15) is 25.0 Å². The maximum absolute atomic E-state index is 14.0. The number of carbonyl (C=O) groups is 2. The highest BCUT2D eigenvalue weighted by molar-refractivity contribution is 7.92. The van der Waals surface area contributed by atoms with Gasteiger partial charge in [0.1, 0.15) is 12.6 Å². The lowest BCUT2D eigenvalue weighted by Crippen LogP contribution is -2.53. The summed E-state index contributed by atoms with van der Waals surface area (Å²) in [5, 5.41) is 3.13. The van der Waals surface area contributed by atoms with Crippen LogP contribution in [-0.2, 0) is 32.6 Å². The summed E-state index contributed by atoms with van der Waals surface area (Å²) >= 11 is 12.5. The number of benzene rings is 3. The largest absolute Gasteiger partial charge is 0.354 e. The summed E-state index contributed by atoms with van der Waals surface area (Å²) in [6.07, 6.45) is 1.25. The standard InChI is InChI=1S/C29H33Cl2N3O4S/c1-21(2)18-32-29(36)26(17-22-11-6-4-7-12-22)33(19-23-13-8-5-9-14-23)27(35)20-34(39(3,37)38)25-16-10-15-24(30)28(25)31/h4-16,21,26H,17-20H2,1-3H3,(H,32,36)/t26-/m0/s1. The maximum atomic E-state index is 14.0. The highest BCUT2D eigenvalue weighted by Gasteiger charge is 2.33. The van der Waals surface area contributed by atoms with Gasteiger partial charge in [0.2, 0.25) is 21.8 Å². The first kappa shape index (κ1) is 30.5. The van der Waals surface area contributed by atoms with Crippen molar-refractivity contribution >= 4 is 50.7 Å². The fraction of sp³-hybridized carbons (Fsp3) is 0.310. The molecule has 0 spiro atoms. The van der Waals surface area contributed by atoms with Gasteiger partial charge in [-0.3, -0.25) is 13.9 Å². The van der Waals surface area contributed by atoms with Crippen LogP contribution in [0.15, 0.2) is 78.9 Å². The minimum Gasteiger partial charge on any atom is -0.354 e. The molecule has 2 amide bonds. The van der Waals surface area contributed by atoms with Crippen molar-refractivity contribution in [3.63, 3.8) is 0 Å². The van der Waals surface area contributed by atoms with Crippen LogP contribution in [0.5, 0.6) is 0 Å². The van der Waals surface area contributed by atoms with Gasteiger partial charge in [0.05, 0.1) is 22.0 Å². The van der Waals surface area contributed by atoms with Crippen LogP contribution >= 0.6 is 23.2 Å². The number of hydrogen-bond acceptors (Lipinski definition) is 4. The van der Waals surface area contributed by atoms with Crippen LogP contribution in [0.4, 0.5) is 5.69 Å². The summed E-state index contributed by atoms with van der Waals surface area (Å²) in [6, 6.07) is 22.3. The van der Waals surface area contributed by atoms with E-state index in [1.165, 1.54) is 17.0 Å². The molecule has 1 N–H and O–H groups in total. The third kappa shape index (κ3) is 8.71. The van der Waals surface area contributed by atoms with Crippen molar-refractivity contribution in [2.75, 3.05) is 23.7 Å². The van der Waals surface area contributed by atoms with Crippen LogP contribution in [0, 0.1) is 5.92 Å². The SMILES string of the molecule is CC(C)CNC(=O)[C@H](Cc1ccccc1)N(Cc1ccccc1)C(=O)CN(c1cccc(Cl)c1Cl)S(C)(=O)=O. The minimum absolute atomic E-state index is 0.0162. The third-order valence-electron chi connectivity index (χ3n) is 6.03. The van der Waals surface area contributed by atoms with Gasteiger partial charge in [-0.15, -0.1) is 0 Å². The second-order valence-corrected chi connectivity index (χ2v) is 12.4. The lowest BCUT2D eigenvalue weighted by molar-refractivity contribution is -0.140. The van der Waals surface area contributed by atoms with Crippen molar-refractivity contribution in [2.45, 2.75) is 32.9 Å². The zero-order valence-electron chi connectivity index (χ0n) is 22.2. The fourth-order valence-electron chi connectivity index (χ4n) is 4.04.